The van der Waals surface area contributed by atoms with Gasteiger partial charge in [0.25, 0.3) is 0 Å². The fourth-order valence-corrected chi connectivity index (χ4v) is 1.54. The number of ether oxygens (including phenoxy) is 1. The van der Waals surface area contributed by atoms with Gasteiger partial charge in [0.1, 0.15) is 5.75 Å². The summed E-state index contributed by atoms with van der Waals surface area (Å²) < 4.78 is 5.57. The molecule has 1 aromatic carbocycles. The van der Waals surface area contributed by atoms with Gasteiger partial charge in [-0.25, -0.2) is 0 Å². The molecule has 84 valence electrons. The van der Waals surface area contributed by atoms with Gasteiger partial charge in [-0.1, -0.05) is 25.5 Å². The Morgan fingerprint density at radius 3 is 2.27 bits per heavy atom. The highest BCUT2D eigenvalue weighted by Gasteiger charge is 2.04. The second kappa shape index (κ2) is 5.76. The van der Waals surface area contributed by atoms with Crippen LogP contribution >= 0.6 is 0 Å². The Bertz CT molecular complexity index is 279. The van der Waals surface area contributed by atoms with Crippen molar-refractivity contribution in [1.29, 1.82) is 0 Å². The summed E-state index contributed by atoms with van der Waals surface area (Å²) in [5, 5.41) is 0. The Morgan fingerprint density at radius 2 is 1.80 bits per heavy atom. The summed E-state index contributed by atoms with van der Waals surface area (Å²) in [4.78, 5) is 0. The zero-order valence-electron chi connectivity index (χ0n) is 9.86. The molecule has 0 heterocycles. The lowest BCUT2D eigenvalue weighted by Gasteiger charge is -2.13. The van der Waals surface area contributed by atoms with Crippen LogP contribution in [0.25, 0.3) is 0 Å². The Balaban J connectivity index is 2.63. The molecule has 0 spiro atoms. The van der Waals surface area contributed by atoms with Gasteiger partial charge in [-0.3, -0.25) is 0 Å². The summed E-state index contributed by atoms with van der Waals surface area (Å²) in [6, 6.07) is 8.24. The molecule has 0 aliphatic rings. The first kappa shape index (κ1) is 12.1. The maximum atomic E-state index is 6.02. The molecule has 0 saturated heterocycles. The van der Waals surface area contributed by atoms with Crippen molar-refractivity contribution in [2.45, 2.75) is 45.8 Å². The van der Waals surface area contributed by atoms with Gasteiger partial charge in [-0.15, -0.1) is 0 Å². The van der Waals surface area contributed by atoms with Gasteiger partial charge >= 0.3 is 0 Å². The van der Waals surface area contributed by atoms with E-state index in [4.69, 9.17) is 10.5 Å². The lowest BCUT2D eigenvalue weighted by atomic mass is 10.0. The van der Waals surface area contributed by atoms with Crippen LogP contribution in [0.1, 0.15) is 45.2 Å². The summed E-state index contributed by atoms with van der Waals surface area (Å²) in [6.45, 7) is 6.20. The number of hydrogen-bond donors (Lipinski definition) is 1. The molecule has 2 heteroatoms. The lowest BCUT2D eigenvalue weighted by molar-refractivity contribution is 0.242. The monoisotopic (exact) mass is 207 g/mol. The molecular weight excluding hydrogens is 186 g/mol. The van der Waals surface area contributed by atoms with Crippen LogP contribution in [-0.2, 0) is 0 Å². The molecule has 0 unspecified atom stereocenters. The molecule has 2 N–H and O–H groups in total. The van der Waals surface area contributed by atoms with Crippen LogP contribution in [0.2, 0.25) is 0 Å². The molecule has 0 bridgehead atoms. The second-order valence-corrected chi connectivity index (χ2v) is 4.13. The predicted octanol–water partition coefficient (Wildman–Crippen LogP) is 3.27. The fraction of sp³-hybridized carbons (Fsp3) is 0.538. The highest BCUT2D eigenvalue weighted by Crippen LogP contribution is 2.19. The summed E-state index contributed by atoms with van der Waals surface area (Å²) in [5.74, 6) is 0.914. The van der Waals surface area contributed by atoms with E-state index < -0.39 is 0 Å². The van der Waals surface area contributed by atoms with Crippen molar-refractivity contribution in [3.8, 4) is 5.75 Å². The molecule has 0 saturated carbocycles. The average Bonchev–Trinajstić information content (AvgIpc) is 2.18. The predicted molar refractivity (Wildman–Crippen MR) is 64.0 cm³/mol. The Kier molecular flexibility index (Phi) is 4.63. The van der Waals surface area contributed by atoms with Crippen LogP contribution in [0.5, 0.6) is 5.75 Å². The van der Waals surface area contributed by atoms with E-state index in [1.54, 1.807) is 0 Å². The molecule has 2 nitrogen and oxygen atoms in total. The highest BCUT2D eigenvalue weighted by molar-refractivity contribution is 5.29. The van der Waals surface area contributed by atoms with Gasteiger partial charge in [-0.2, -0.15) is 0 Å². The van der Waals surface area contributed by atoms with Crippen LogP contribution in [0, 0.1) is 0 Å². The van der Waals surface area contributed by atoms with E-state index in [1.807, 2.05) is 26.0 Å². The molecule has 1 aromatic rings. The molecule has 1 atom stereocenters. The van der Waals surface area contributed by atoms with Crippen molar-refractivity contribution in [2.75, 3.05) is 0 Å². The SMILES string of the molecule is CCC[C@@H](N)c1ccc(OC(C)C)cc1. The van der Waals surface area contributed by atoms with Gasteiger partial charge < -0.3 is 10.5 Å². The maximum absolute atomic E-state index is 6.02. The zero-order valence-corrected chi connectivity index (χ0v) is 9.86. The molecule has 0 aliphatic carbocycles. The zero-order chi connectivity index (χ0) is 11.3. The molecular formula is C13H21NO. The van der Waals surface area contributed by atoms with Crippen LogP contribution < -0.4 is 10.5 Å². The summed E-state index contributed by atoms with van der Waals surface area (Å²) in [5.41, 5.74) is 7.20. The smallest absolute Gasteiger partial charge is 0.119 e. The fourth-order valence-electron chi connectivity index (χ4n) is 1.54. The lowest BCUT2D eigenvalue weighted by Crippen LogP contribution is -2.10. The molecule has 0 aromatic heterocycles. The summed E-state index contributed by atoms with van der Waals surface area (Å²) in [6.07, 6.45) is 2.37. The minimum absolute atomic E-state index is 0.156. The third kappa shape index (κ3) is 3.92. The first-order valence-corrected chi connectivity index (χ1v) is 5.65. The second-order valence-electron chi connectivity index (χ2n) is 4.13. The number of nitrogens with two attached hydrogens (primary N) is 1. The normalized spacial score (nSPS) is 12.9. The minimum Gasteiger partial charge on any atom is -0.491 e. The quantitative estimate of drug-likeness (QED) is 0.804. The topological polar surface area (TPSA) is 35.2 Å². The van der Waals surface area contributed by atoms with Gasteiger partial charge in [0.05, 0.1) is 6.10 Å². The first-order chi connectivity index (χ1) is 7.13. The summed E-state index contributed by atoms with van der Waals surface area (Å²) >= 11 is 0. The van der Waals surface area contributed by atoms with E-state index in [-0.39, 0.29) is 12.1 Å². The number of hydrogen-bond acceptors (Lipinski definition) is 2. The molecule has 15 heavy (non-hydrogen) atoms. The number of benzene rings is 1. The van der Waals surface area contributed by atoms with Crippen LogP contribution in [0.15, 0.2) is 24.3 Å². The molecule has 1 rings (SSSR count). The third-order valence-corrected chi connectivity index (χ3v) is 2.28. The van der Waals surface area contributed by atoms with Crippen molar-refractivity contribution in [2.24, 2.45) is 5.73 Å². The highest BCUT2D eigenvalue weighted by atomic mass is 16.5. The van der Waals surface area contributed by atoms with Crippen LogP contribution in [0.3, 0.4) is 0 Å². The van der Waals surface area contributed by atoms with Gasteiger partial charge in [0.15, 0.2) is 0 Å². The Labute approximate surface area is 92.4 Å². The van der Waals surface area contributed by atoms with Crippen molar-refractivity contribution in [1.82, 2.24) is 0 Å². The maximum Gasteiger partial charge on any atom is 0.119 e. The largest absolute Gasteiger partial charge is 0.491 e. The van der Waals surface area contributed by atoms with Gasteiger partial charge in [-0.05, 0) is 38.0 Å². The van der Waals surface area contributed by atoms with E-state index in [9.17, 15) is 0 Å². The van der Waals surface area contributed by atoms with Crippen LogP contribution in [0.4, 0.5) is 0 Å². The third-order valence-electron chi connectivity index (χ3n) is 2.28. The van der Waals surface area contributed by atoms with Crippen molar-refractivity contribution in [3.63, 3.8) is 0 Å². The first-order valence-electron chi connectivity index (χ1n) is 5.65. The van der Waals surface area contributed by atoms with E-state index in [0.29, 0.717) is 0 Å². The molecule has 0 radical (unpaired) electrons. The Hall–Kier alpha value is -1.02. The average molecular weight is 207 g/mol. The van der Waals surface area contributed by atoms with Crippen molar-refractivity contribution < 1.29 is 4.74 Å². The Morgan fingerprint density at radius 1 is 1.20 bits per heavy atom. The van der Waals surface area contributed by atoms with Crippen LogP contribution in [-0.4, -0.2) is 6.10 Å². The molecule has 0 fully saturated rings. The van der Waals surface area contributed by atoms with E-state index in [0.717, 1.165) is 18.6 Å². The molecule has 0 aliphatic heterocycles. The van der Waals surface area contributed by atoms with Gasteiger partial charge in [0, 0.05) is 6.04 Å². The standard InChI is InChI=1S/C13H21NO/c1-4-5-13(14)11-6-8-12(9-7-11)15-10(2)3/h6-10,13H,4-5,14H2,1-3H3/t13-/m1/s1. The van der Waals surface area contributed by atoms with Crippen molar-refractivity contribution in [3.05, 3.63) is 29.8 Å². The van der Waals surface area contributed by atoms with E-state index >= 15 is 0 Å². The number of rotatable bonds is 5. The molecule has 0 amide bonds. The summed E-state index contributed by atoms with van der Waals surface area (Å²) in [7, 11) is 0. The van der Waals surface area contributed by atoms with Crippen molar-refractivity contribution >= 4 is 0 Å². The van der Waals surface area contributed by atoms with E-state index in [2.05, 4.69) is 19.1 Å². The minimum atomic E-state index is 0.156. The van der Waals surface area contributed by atoms with E-state index in [1.165, 1.54) is 5.56 Å². The van der Waals surface area contributed by atoms with Gasteiger partial charge in [0.2, 0.25) is 0 Å².